The summed E-state index contributed by atoms with van der Waals surface area (Å²) in [6, 6.07) is 11.8. The first-order valence-corrected chi connectivity index (χ1v) is 9.53. The van der Waals surface area contributed by atoms with Crippen molar-refractivity contribution in [2.75, 3.05) is 13.2 Å². The van der Waals surface area contributed by atoms with Gasteiger partial charge in [0.15, 0.2) is 5.54 Å². The summed E-state index contributed by atoms with van der Waals surface area (Å²) in [7, 11) is 0. The Morgan fingerprint density at radius 2 is 1.83 bits per heavy atom. The number of fused-ring (bicyclic) bond motifs is 4. The molecule has 150 valence electrons. The van der Waals surface area contributed by atoms with E-state index in [1.165, 1.54) is 6.33 Å². The van der Waals surface area contributed by atoms with Gasteiger partial charge in [-0.1, -0.05) is 12.6 Å². The van der Waals surface area contributed by atoms with Gasteiger partial charge < -0.3 is 19.9 Å². The lowest BCUT2D eigenvalue weighted by atomic mass is 9.80. The van der Waals surface area contributed by atoms with Gasteiger partial charge in [0, 0.05) is 29.1 Å². The summed E-state index contributed by atoms with van der Waals surface area (Å²) in [4.78, 5) is 13.0. The van der Waals surface area contributed by atoms with Gasteiger partial charge in [-0.3, -0.25) is 0 Å². The van der Waals surface area contributed by atoms with Gasteiger partial charge in [0.2, 0.25) is 0 Å². The monoisotopic (exact) mass is 400 g/mol. The third kappa shape index (κ3) is 2.95. The molecule has 2 N–H and O–H groups in total. The number of ether oxygens (including phenoxy) is 3. The highest BCUT2D eigenvalue weighted by atomic mass is 16.5. The summed E-state index contributed by atoms with van der Waals surface area (Å²) in [5.74, 6) is 2.11. The van der Waals surface area contributed by atoms with Crippen LogP contribution >= 0.6 is 0 Å². The van der Waals surface area contributed by atoms with Crippen LogP contribution in [0.15, 0.2) is 72.3 Å². The fourth-order valence-corrected chi connectivity index (χ4v) is 3.76. The zero-order valence-electron chi connectivity index (χ0n) is 16.5. The maximum atomic E-state index is 6.20. The van der Waals surface area contributed by atoms with Crippen molar-refractivity contribution in [2.45, 2.75) is 12.5 Å². The molecule has 3 heterocycles. The van der Waals surface area contributed by atoms with E-state index in [2.05, 4.69) is 16.5 Å². The molecular weight excluding hydrogens is 380 g/mol. The minimum absolute atomic E-state index is 0.149. The Hall–Kier alpha value is -3.87. The average molecular weight is 400 g/mol. The zero-order valence-corrected chi connectivity index (χ0v) is 16.5. The van der Waals surface area contributed by atoms with Crippen molar-refractivity contribution in [1.29, 1.82) is 0 Å². The molecule has 0 saturated heterocycles. The molecule has 0 aliphatic carbocycles. The fraction of sp³-hybridized carbons (Fsp3) is 0.174. The smallest absolute Gasteiger partial charge is 0.283 e. The molecule has 0 bridgehead atoms. The van der Waals surface area contributed by atoms with E-state index in [1.807, 2.05) is 43.3 Å². The third-order valence-electron chi connectivity index (χ3n) is 5.15. The number of amidine groups is 1. The molecule has 0 fully saturated rings. The molecule has 1 spiro atoms. The number of nitrogens with two attached hydrogens (primary N) is 1. The Labute approximate surface area is 173 Å². The van der Waals surface area contributed by atoms with Gasteiger partial charge >= 0.3 is 0 Å². The van der Waals surface area contributed by atoms with E-state index < -0.39 is 5.54 Å². The zero-order chi connectivity index (χ0) is 20.7. The molecule has 5 rings (SSSR count). The molecule has 30 heavy (non-hydrogen) atoms. The number of aliphatic imine (C=N–C) groups is 1. The summed E-state index contributed by atoms with van der Waals surface area (Å²) in [6.07, 6.45) is 5.04. The van der Waals surface area contributed by atoms with E-state index in [4.69, 9.17) is 24.9 Å². The second-order valence-corrected chi connectivity index (χ2v) is 7.44. The number of nitrogens with zero attached hydrogens (tertiary/aromatic N) is 3. The number of hydrogen-bond donors (Lipinski definition) is 1. The van der Waals surface area contributed by atoms with Gasteiger partial charge in [0.1, 0.15) is 36.8 Å². The van der Waals surface area contributed by atoms with Crippen molar-refractivity contribution in [3.8, 4) is 28.4 Å². The molecule has 0 amide bonds. The molecule has 1 atom stereocenters. The van der Waals surface area contributed by atoms with Crippen molar-refractivity contribution in [3.63, 3.8) is 0 Å². The Kier molecular flexibility index (Phi) is 4.17. The first kappa shape index (κ1) is 18.2. The standard InChI is InChI=1S/C23H20N4O3/c1-14(2)11-28-17-4-6-21-19(8-17)23(12-29-22(24)27-23)18-7-15(3-5-20(18)30-21)16-9-25-13-26-10-16/h3-10,13H,1,11-12H2,2H3,(H2,24,27)/t23-/m0/s1. The summed E-state index contributed by atoms with van der Waals surface area (Å²) >= 11 is 0. The van der Waals surface area contributed by atoms with E-state index in [0.717, 1.165) is 27.8 Å². The average Bonchev–Trinajstić information content (AvgIpc) is 3.15. The number of aromatic nitrogens is 2. The summed E-state index contributed by atoms with van der Waals surface area (Å²) in [5, 5.41) is 0. The lowest BCUT2D eigenvalue weighted by Gasteiger charge is -2.34. The van der Waals surface area contributed by atoms with Crippen molar-refractivity contribution < 1.29 is 14.2 Å². The van der Waals surface area contributed by atoms with Crippen LogP contribution in [-0.2, 0) is 10.3 Å². The van der Waals surface area contributed by atoms with Gasteiger partial charge in [0.25, 0.3) is 6.02 Å². The molecule has 1 aromatic heterocycles. The minimum Gasteiger partial charge on any atom is -0.489 e. The third-order valence-corrected chi connectivity index (χ3v) is 5.15. The number of benzene rings is 2. The summed E-state index contributed by atoms with van der Waals surface area (Å²) in [6.45, 7) is 6.52. The van der Waals surface area contributed by atoms with Crippen molar-refractivity contribution in [1.82, 2.24) is 9.97 Å². The second kappa shape index (κ2) is 6.88. The Bertz CT molecular complexity index is 1180. The molecule has 2 aliphatic heterocycles. The molecular formula is C23H20N4O3. The van der Waals surface area contributed by atoms with E-state index in [9.17, 15) is 0 Å². The Morgan fingerprint density at radius 1 is 1.10 bits per heavy atom. The highest BCUT2D eigenvalue weighted by molar-refractivity contribution is 5.78. The van der Waals surface area contributed by atoms with Gasteiger partial charge in [0.05, 0.1) is 0 Å². The van der Waals surface area contributed by atoms with E-state index >= 15 is 0 Å². The largest absolute Gasteiger partial charge is 0.489 e. The number of rotatable bonds is 4. The van der Waals surface area contributed by atoms with Gasteiger partial charge in [-0.15, -0.1) is 0 Å². The van der Waals surface area contributed by atoms with Crippen molar-refractivity contribution >= 4 is 6.02 Å². The highest BCUT2D eigenvalue weighted by Crippen LogP contribution is 2.52. The minimum atomic E-state index is -0.818. The van der Waals surface area contributed by atoms with E-state index in [1.54, 1.807) is 12.4 Å². The SMILES string of the molecule is C=C(C)COc1ccc2c(c1)[C@]1(COC(N)=N1)c1cc(-c3cncnc3)ccc1O2. The molecule has 7 heteroatoms. The molecule has 7 nitrogen and oxygen atoms in total. The highest BCUT2D eigenvalue weighted by Gasteiger charge is 2.47. The fourth-order valence-electron chi connectivity index (χ4n) is 3.76. The molecule has 2 aliphatic rings. The van der Waals surface area contributed by atoms with Crippen LogP contribution in [0.2, 0.25) is 0 Å². The van der Waals surface area contributed by atoms with Crippen LogP contribution in [-0.4, -0.2) is 29.2 Å². The second-order valence-electron chi connectivity index (χ2n) is 7.44. The van der Waals surface area contributed by atoms with Crippen LogP contribution < -0.4 is 15.2 Å². The van der Waals surface area contributed by atoms with Crippen molar-refractivity contribution in [3.05, 3.63) is 78.4 Å². The van der Waals surface area contributed by atoms with Gasteiger partial charge in [-0.2, -0.15) is 0 Å². The van der Waals surface area contributed by atoms with Gasteiger partial charge in [-0.25, -0.2) is 15.0 Å². The Balaban J connectivity index is 1.66. The molecule has 3 aromatic rings. The van der Waals surface area contributed by atoms with Crippen LogP contribution in [0.25, 0.3) is 11.1 Å². The van der Waals surface area contributed by atoms with E-state index in [0.29, 0.717) is 23.9 Å². The van der Waals surface area contributed by atoms with Crippen LogP contribution in [0.1, 0.15) is 18.1 Å². The maximum Gasteiger partial charge on any atom is 0.283 e. The molecule has 0 unspecified atom stereocenters. The van der Waals surface area contributed by atoms with Crippen LogP contribution in [0.3, 0.4) is 0 Å². The Morgan fingerprint density at radius 3 is 2.53 bits per heavy atom. The molecule has 0 radical (unpaired) electrons. The maximum absolute atomic E-state index is 6.20. The topological polar surface area (TPSA) is 91.9 Å². The normalized spacial score (nSPS) is 18.6. The molecule has 2 aromatic carbocycles. The number of hydrogen-bond acceptors (Lipinski definition) is 7. The van der Waals surface area contributed by atoms with E-state index in [-0.39, 0.29) is 12.6 Å². The predicted molar refractivity (Wildman–Crippen MR) is 113 cm³/mol. The van der Waals surface area contributed by atoms with Gasteiger partial charge in [-0.05, 0) is 48.4 Å². The van der Waals surface area contributed by atoms with Crippen LogP contribution in [0.4, 0.5) is 0 Å². The first-order valence-electron chi connectivity index (χ1n) is 9.53. The lowest BCUT2D eigenvalue weighted by molar-refractivity contribution is 0.263. The van der Waals surface area contributed by atoms with Crippen LogP contribution in [0, 0.1) is 0 Å². The van der Waals surface area contributed by atoms with Crippen molar-refractivity contribution in [2.24, 2.45) is 10.7 Å². The lowest BCUT2D eigenvalue weighted by Crippen LogP contribution is -2.31. The quantitative estimate of drug-likeness (QED) is 0.670. The summed E-state index contributed by atoms with van der Waals surface area (Å²) < 4.78 is 17.7. The predicted octanol–water partition coefficient (Wildman–Crippen LogP) is 3.79. The first-order chi connectivity index (χ1) is 14.5. The molecule has 0 saturated carbocycles. The summed E-state index contributed by atoms with van der Waals surface area (Å²) in [5.41, 5.74) is 9.65. The van der Waals surface area contributed by atoms with Crippen LogP contribution in [0.5, 0.6) is 17.2 Å².